The number of imidazole rings is 1. The summed E-state index contributed by atoms with van der Waals surface area (Å²) >= 11 is 0. The quantitative estimate of drug-likeness (QED) is 0.186. The molecule has 0 amide bonds. The van der Waals surface area contributed by atoms with E-state index in [9.17, 15) is 6.85 Å². The Morgan fingerprint density at radius 2 is 1.04 bits per heavy atom. The molecule has 2 heteroatoms. The van der Waals surface area contributed by atoms with E-state index in [2.05, 4.69) is 4.98 Å². The lowest BCUT2D eigenvalue weighted by Crippen LogP contribution is -1.97. The second-order valence-corrected chi connectivity index (χ2v) is 10.2. The van der Waals surface area contributed by atoms with Crippen LogP contribution in [0.15, 0.2) is 169 Å². The Morgan fingerprint density at radius 1 is 0.467 bits per heavy atom. The van der Waals surface area contributed by atoms with E-state index < -0.39 is 115 Å². The molecule has 8 aromatic carbocycles. The van der Waals surface area contributed by atoms with Crippen molar-refractivity contribution in [1.29, 1.82) is 0 Å². The van der Waals surface area contributed by atoms with Crippen LogP contribution in [0.2, 0.25) is 0 Å². The smallest absolute Gasteiger partial charge is 0.145 e. The van der Waals surface area contributed by atoms with E-state index in [0.717, 1.165) is 0 Å². The van der Waals surface area contributed by atoms with Gasteiger partial charge in [0.2, 0.25) is 0 Å². The molecule has 0 bridgehead atoms. The van der Waals surface area contributed by atoms with Crippen LogP contribution in [-0.4, -0.2) is 9.55 Å². The second kappa shape index (κ2) is 10.3. The third-order valence-corrected chi connectivity index (χ3v) is 7.67. The fourth-order valence-electron chi connectivity index (χ4n) is 5.75. The molecule has 0 fully saturated rings. The summed E-state index contributed by atoms with van der Waals surface area (Å²) in [6.45, 7) is 0. The summed E-state index contributed by atoms with van der Waals surface area (Å²) in [4.78, 5) is 4.68. The predicted octanol–water partition coefficient (Wildman–Crippen LogP) is 11.5. The maximum atomic E-state index is 9.31. The molecule has 0 aliphatic rings. The normalized spacial score (nSPS) is 17.5. The van der Waals surface area contributed by atoms with E-state index in [0.29, 0.717) is 16.7 Å². The summed E-state index contributed by atoms with van der Waals surface area (Å²) in [5.74, 6) is 0.0228. The molecule has 0 aliphatic heterocycles. The minimum absolute atomic E-state index is 0.0228. The number of hydrogen-bond acceptors (Lipinski definition) is 1. The molecule has 0 saturated heterocycles. The molecule has 0 N–H and O–H groups in total. The van der Waals surface area contributed by atoms with Gasteiger partial charge >= 0.3 is 0 Å². The number of aromatic nitrogens is 2. The number of benzene rings is 8. The van der Waals surface area contributed by atoms with Gasteiger partial charge in [-0.15, -0.1) is 0 Å². The molecule has 0 radical (unpaired) electrons. The average molecular weight is 592 g/mol. The van der Waals surface area contributed by atoms with Crippen molar-refractivity contribution in [2.45, 2.75) is 0 Å². The van der Waals surface area contributed by atoms with E-state index in [1.807, 2.05) is 0 Å². The zero-order valence-electron chi connectivity index (χ0n) is 42.1. The predicted molar refractivity (Wildman–Crippen MR) is 190 cm³/mol. The molecule has 1 aromatic heterocycles. The summed E-state index contributed by atoms with van der Waals surface area (Å²) in [5, 5.41) is -1.45. The Labute approximate surface area is 288 Å². The summed E-state index contributed by atoms with van der Waals surface area (Å²) in [6.07, 6.45) is 0. The number of rotatable bonds is 4. The van der Waals surface area contributed by atoms with Crippen molar-refractivity contribution in [3.8, 4) is 39.3 Å². The van der Waals surface area contributed by atoms with Gasteiger partial charge in [0.05, 0.1) is 37.1 Å². The highest BCUT2D eigenvalue weighted by Gasteiger charge is 2.18. The summed E-state index contributed by atoms with van der Waals surface area (Å²) in [5.41, 5.74) is 0.750. The number of para-hydroxylation sites is 2. The Kier molecular flexibility index (Phi) is 2.97. The summed E-state index contributed by atoms with van der Waals surface area (Å²) in [7, 11) is 0. The van der Waals surface area contributed by atoms with Crippen LogP contribution >= 0.6 is 0 Å². The van der Waals surface area contributed by atoms with Crippen LogP contribution in [-0.2, 0) is 0 Å². The SMILES string of the molecule is [2H]c1c([2H])c([2H])c(-c2nc3ccccc3n2-c2ccc(-c3c4c([2H])c([2H])c([2H])c([2H])c4c(-c4cc5c([2H])c([2H])c([2H])c([2H])c5c([2H])c4[2H])c4c([2H])c([2H])c([2H])c([2H])c34)cc2)c([2H])c1[2H]. The molecule has 9 rings (SSSR count). The molecule has 0 saturated carbocycles. The molecule has 0 atom stereocenters. The van der Waals surface area contributed by atoms with E-state index >= 15 is 0 Å². The van der Waals surface area contributed by atoms with Crippen molar-refractivity contribution < 1.29 is 26.0 Å². The number of hydrogen-bond donors (Lipinski definition) is 0. The zero-order chi connectivity index (χ0) is 46.3. The molecular weight excluding hydrogens is 544 g/mol. The van der Waals surface area contributed by atoms with Crippen LogP contribution in [0.25, 0.3) is 82.7 Å². The fourth-order valence-corrected chi connectivity index (χ4v) is 5.75. The lowest BCUT2D eigenvalue weighted by Gasteiger charge is -2.18. The van der Waals surface area contributed by atoms with Gasteiger partial charge in [0.1, 0.15) is 5.82 Å². The van der Waals surface area contributed by atoms with Crippen LogP contribution in [0.4, 0.5) is 0 Å². The van der Waals surface area contributed by atoms with Gasteiger partial charge in [0.25, 0.3) is 0 Å². The molecule has 2 nitrogen and oxygen atoms in total. The number of nitrogens with zero attached hydrogens (tertiary/aromatic N) is 2. The minimum Gasteiger partial charge on any atom is -0.292 e. The molecule has 0 aliphatic carbocycles. The van der Waals surface area contributed by atoms with E-state index in [1.165, 1.54) is 18.2 Å². The van der Waals surface area contributed by atoms with Gasteiger partial charge in [-0.3, -0.25) is 4.57 Å². The van der Waals surface area contributed by atoms with Gasteiger partial charge in [-0.05, 0) is 84.9 Å². The van der Waals surface area contributed by atoms with Gasteiger partial charge in [0.15, 0.2) is 0 Å². The van der Waals surface area contributed by atoms with Crippen LogP contribution in [0.1, 0.15) is 26.0 Å². The van der Waals surface area contributed by atoms with Crippen LogP contribution in [0.3, 0.4) is 0 Å². The highest BCUT2D eigenvalue weighted by molar-refractivity contribution is 6.21. The second-order valence-electron chi connectivity index (χ2n) is 10.2. The summed E-state index contributed by atoms with van der Waals surface area (Å²) in [6, 6.07) is 2.63. The molecule has 45 heavy (non-hydrogen) atoms. The van der Waals surface area contributed by atoms with E-state index in [-0.39, 0.29) is 66.0 Å². The van der Waals surface area contributed by atoms with Gasteiger partial charge in [-0.2, -0.15) is 0 Å². The molecule has 9 aromatic rings. The van der Waals surface area contributed by atoms with Gasteiger partial charge in [0, 0.05) is 11.3 Å². The molecular formula is C43H28N2. The monoisotopic (exact) mass is 591 g/mol. The zero-order valence-corrected chi connectivity index (χ0v) is 23.1. The molecule has 0 unspecified atom stereocenters. The topological polar surface area (TPSA) is 17.8 Å². The maximum absolute atomic E-state index is 9.31. The van der Waals surface area contributed by atoms with Crippen molar-refractivity contribution in [2.75, 3.05) is 0 Å². The Bertz CT molecular complexity index is 3490. The van der Waals surface area contributed by atoms with Crippen molar-refractivity contribution in [2.24, 2.45) is 0 Å². The lowest BCUT2D eigenvalue weighted by molar-refractivity contribution is 1.10. The van der Waals surface area contributed by atoms with E-state index in [1.54, 1.807) is 41.0 Å². The largest absolute Gasteiger partial charge is 0.292 e. The molecule has 1 heterocycles. The van der Waals surface area contributed by atoms with Gasteiger partial charge < -0.3 is 0 Å². The van der Waals surface area contributed by atoms with Crippen molar-refractivity contribution in [3.05, 3.63) is 169 Å². The first-order valence-corrected chi connectivity index (χ1v) is 13.8. The Hall–Kier alpha value is -5.99. The first kappa shape index (κ1) is 12.9. The van der Waals surface area contributed by atoms with Crippen LogP contribution < -0.4 is 0 Å². The Morgan fingerprint density at radius 3 is 1.73 bits per heavy atom. The third kappa shape index (κ3) is 4.15. The first-order chi connectivity index (χ1) is 30.2. The highest BCUT2D eigenvalue weighted by Crippen LogP contribution is 2.44. The average Bonchev–Trinajstić information content (AvgIpc) is 3.67. The molecule has 210 valence electrons. The molecule has 0 spiro atoms. The minimum atomic E-state index is -0.715. The van der Waals surface area contributed by atoms with Crippen molar-refractivity contribution in [1.82, 2.24) is 9.55 Å². The van der Waals surface area contributed by atoms with Crippen molar-refractivity contribution >= 4 is 43.4 Å². The van der Waals surface area contributed by atoms with Gasteiger partial charge in [-0.25, -0.2) is 4.98 Å². The van der Waals surface area contributed by atoms with Crippen molar-refractivity contribution in [3.63, 3.8) is 0 Å². The van der Waals surface area contributed by atoms with Crippen LogP contribution in [0, 0.1) is 0 Å². The Balaban J connectivity index is 1.42. The third-order valence-electron chi connectivity index (χ3n) is 7.67. The lowest BCUT2D eigenvalue weighted by atomic mass is 9.85. The fraction of sp³-hybridized carbons (Fsp3) is 0. The first-order valence-electron chi connectivity index (χ1n) is 23.3. The summed E-state index contributed by atoms with van der Waals surface area (Å²) < 4.78 is 168. The number of fused-ring (bicyclic) bond motifs is 4. The van der Waals surface area contributed by atoms with Gasteiger partial charge in [-0.1, -0.05) is 139 Å². The maximum Gasteiger partial charge on any atom is 0.145 e. The standard InChI is InChI=1S/C43H28N2/c1-2-13-31(14-3-1)43-44-39-20-10-11-21-40(39)45(43)34-26-24-30(25-27-34)41-35-16-6-8-18-37(35)42(38-19-9-7-17-36(38)41)33-23-22-29-12-4-5-15-32(29)28-33/h1-28H/i1D,2D,3D,4D,5D,6D,7D,8D,9D,12D,13D,14D,15D,16D,17D,18D,19D,22D,23D. The highest BCUT2D eigenvalue weighted by atomic mass is 15.1. The van der Waals surface area contributed by atoms with E-state index in [4.69, 9.17) is 19.2 Å². The van der Waals surface area contributed by atoms with Crippen LogP contribution in [0.5, 0.6) is 0 Å².